The number of hydrogen-bond donors (Lipinski definition) is 2. The van der Waals surface area contributed by atoms with E-state index in [1.165, 1.54) is 0 Å². The summed E-state index contributed by atoms with van der Waals surface area (Å²) in [6, 6.07) is 18.1. The van der Waals surface area contributed by atoms with Crippen LogP contribution in [-0.2, 0) is 4.79 Å². The summed E-state index contributed by atoms with van der Waals surface area (Å²) in [5.41, 5.74) is 3.60. The molecule has 1 fully saturated rings. The second-order valence-corrected chi connectivity index (χ2v) is 5.36. The second kappa shape index (κ2) is 5.99. The minimum Gasteiger partial charge on any atom is -0.345 e. The van der Waals surface area contributed by atoms with Gasteiger partial charge in [0.2, 0.25) is 0 Å². The maximum atomic E-state index is 11.6. The van der Waals surface area contributed by atoms with Crippen molar-refractivity contribution in [3.63, 3.8) is 0 Å². The highest BCUT2D eigenvalue weighted by atomic mass is 32.1. The predicted octanol–water partition coefficient (Wildman–Crippen LogP) is 2.80. The van der Waals surface area contributed by atoms with Crippen LogP contribution in [0.1, 0.15) is 5.56 Å². The van der Waals surface area contributed by atoms with Crippen molar-refractivity contribution in [1.29, 1.82) is 0 Å². The number of carbonyl (C=O) groups is 1. The lowest BCUT2D eigenvalue weighted by molar-refractivity contribution is -0.115. The Bertz CT molecular complexity index is 738. The molecule has 0 radical (unpaired) electrons. The lowest BCUT2D eigenvalue weighted by atomic mass is 10.1. The van der Waals surface area contributed by atoms with Crippen LogP contribution < -0.4 is 15.5 Å². The van der Waals surface area contributed by atoms with E-state index in [1.54, 1.807) is 6.08 Å². The number of benzene rings is 2. The van der Waals surface area contributed by atoms with Crippen molar-refractivity contribution in [3.8, 4) is 0 Å². The van der Waals surface area contributed by atoms with E-state index in [0.717, 1.165) is 16.9 Å². The molecule has 0 spiro atoms. The van der Waals surface area contributed by atoms with Crippen LogP contribution in [0.15, 0.2) is 60.3 Å². The molecule has 1 amide bonds. The third kappa shape index (κ3) is 2.99. The molecule has 2 aromatic rings. The average Bonchev–Trinajstić information content (AvgIpc) is 2.86. The fourth-order valence-corrected chi connectivity index (χ4v) is 2.45. The number of anilines is 2. The first-order chi connectivity index (χ1) is 10.6. The van der Waals surface area contributed by atoms with Gasteiger partial charge in [-0.2, -0.15) is 0 Å². The van der Waals surface area contributed by atoms with Gasteiger partial charge in [-0.3, -0.25) is 10.1 Å². The maximum absolute atomic E-state index is 11.6. The molecule has 5 heteroatoms. The minimum atomic E-state index is -0.199. The van der Waals surface area contributed by atoms with Crippen LogP contribution in [-0.4, -0.2) is 18.1 Å². The molecule has 2 aromatic carbocycles. The molecule has 2 N–H and O–H groups in total. The SMILES string of the molecule is CN(c1ccccc1)c1ccc(/C=C2/NC(=S)NC2=O)cc1. The summed E-state index contributed by atoms with van der Waals surface area (Å²) in [6.45, 7) is 0. The molecule has 1 saturated heterocycles. The third-order valence-corrected chi connectivity index (χ3v) is 3.66. The van der Waals surface area contributed by atoms with Crippen molar-refractivity contribution in [3.05, 3.63) is 65.9 Å². The fraction of sp³-hybridized carbons (Fsp3) is 0.0588. The summed E-state index contributed by atoms with van der Waals surface area (Å²) in [6.07, 6.45) is 1.78. The number of rotatable bonds is 3. The van der Waals surface area contributed by atoms with Crippen LogP contribution in [0.5, 0.6) is 0 Å². The van der Waals surface area contributed by atoms with Gasteiger partial charge in [-0.15, -0.1) is 0 Å². The summed E-state index contributed by atoms with van der Waals surface area (Å²) in [4.78, 5) is 13.7. The van der Waals surface area contributed by atoms with E-state index in [4.69, 9.17) is 12.2 Å². The van der Waals surface area contributed by atoms with Gasteiger partial charge < -0.3 is 10.2 Å². The van der Waals surface area contributed by atoms with Gasteiger partial charge in [0.15, 0.2) is 5.11 Å². The van der Waals surface area contributed by atoms with Crippen LogP contribution >= 0.6 is 12.2 Å². The Hall–Kier alpha value is -2.66. The summed E-state index contributed by atoms with van der Waals surface area (Å²) in [5, 5.41) is 5.72. The van der Waals surface area contributed by atoms with Gasteiger partial charge in [0.05, 0.1) is 0 Å². The summed E-state index contributed by atoms with van der Waals surface area (Å²) < 4.78 is 0. The zero-order valence-electron chi connectivity index (χ0n) is 12.0. The molecule has 0 aromatic heterocycles. The number of hydrogen-bond acceptors (Lipinski definition) is 3. The quantitative estimate of drug-likeness (QED) is 0.676. The van der Waals surface area contributed by atoms with E-state index in [1.807, 2.05) is 49.5 Å². The van der Waals surface area contributed by atoms with Crippen molar-refractivity contribution in [1.82, 2.24) is 10.6 Å². The summed E-state index contributed by atoms with van der Waals surface area (Å²) in [7, 11) is 2.02. The first-order valence-electron chi connectivity index (χ1n) is 6.86. The molecule has 0 bridgehead atoms. The first kappa shape index (κ1) is 14.3. The smallest absolute Gasteiger partial charge is 0.273 e. The number of para-hydroxylation sites is 1. The molecule has 0 atom stereocenters. The highest BCUT2D eigenvalue weighted by molar-refractivity contribution is 7.80. The van der Waals surface area contributed by atoms with E-state index in [-0.39, 0.29) is 5.91 Å². The van der Waals surface area contributed by atoms with E-state index in [9.17, 15) is 4.79 Å². The molecule has 1 aliphatic rings. The van der Waals surface area contributed by atoms with Crippen LogP contribution in [0.2, 0.25) is 0 Å². The number of nitrogens with one attached hydrogen (secondary N) is 2. The minimum absolute atomic E-state index is 0.199. The zero-order chi connectivity index (χ0) is 15.5. The van der Waals surface area contributed by atoms with Gasteiger partial charge in [0.25, 0.3) is 5.91 Å². The highest BCUT2D eigenvalue weighted by Crippen LogP contribution is 2.23. The van der Waals surface area contributed by atoms with Crippen LogP contribution in [0.25, 0.3) is 6.08 Å². The zero-order valence-corrected chi connectivity index (χ0v) is 12.9. The molecule has 3 rings (SSSR count). The fourth-order valence-electron chi connectivity index (χ4n) is 2.24. The lowest BCUT2D eigenvalue weighted by Gasteiger charge is -2.19. The molecular weight excluding hydrogens is 294 g/mol. The van der Waals surface area contributed by atoms with Gasteiger partial charge in [-0.05, 0) is 48.1 Å². The average molecular weight is 309 g/mol. The maximum Gasteiger partial charge on any atom is 0.273 e. The van der Waals surface area contributed by atoms with Crippen LogP contribution in [0, 0.1) is 0 Å². The number of amides is 1. The highest BCUT2D eigenvalue weighted by Gasteiger charge is 2.19. The van der Waals surface area contributed by atoms with Gasteiger partial charge in [0, 0.05) is 18.4 Å². The summed E-state index contributed by atoms with van der Waals surface area (Å²) in [5.74, 6) is -0.199. The van der Waals surface area contributed by atoms with E-state index in [0.29, 0.717) is 10.8 Å². The van der Waals surface area contributed by atoms with E-state index in [2.05, 4.69) is 27.7 Å². The molecule has 1 aliphatic heterocycles. The molecule has 0 aliphatic carbocycles. The van der Waals surface area contributed by atoms with Crippen molar-refractivity contribution < 1.29 is 4.79 Å². The Kier molecular flexibility index (Phi) is 3.89. The predicted molar refractivity (Wildman–Crippen MR) is 92.8 cm³/mol. The molecule has 0 saturated carbocycles. The molecule has 0 unspecified atom stereocenters. The topological polar surface area (TPSA) is 44.4 Å². The number of carbonyl (C=O) groups excluding carboxylic acids is 1. The van der Waals surface area contributed by atoms with Crippen molar-refractivity contribution >= 4 is 40.7 Å². The number of thiocarbonyl (C=S) groups is 1. The normalized spacial score (nSPS) is 15.6. The lowest BCUT2D eigenvalue weighted by Crippen LogP contribution is -2.21. The van der Waals surface area contributed by atoms with Gasteiger partial charge >= 0.3 is 0 Å². The first-order valence-corrected chi connectivity index (χ1v) is 7.27. The third-order valence-electron chi connectivity index (χ3n) is 3.45. The largest absolute Gasteiger partial charge is 0.345 e. The molecular formula is C17H15N3OS. The van der Waals surface area contributed by atoms with Crippen molar-refractivity contribution in [2.75, 3.05) is 11.9 Å². The Morgan fingerprint density at radius 1 is 0.955 bits per heavy atom. The Labute approximate surface area is 134 Å². The van der Waals surface area contributed by atoms with Gasteiger partial charge in [-0.25, -0.2) is 0 Å². The standard InChI is InChI=1S/C17H15N3OS/c1-20(13-5-3-2-4-6-13)14-9-7-12(8-10-14)11-15-16(21)19-17(22)18-15/h2-11H,1H3,(H2,18,19,21,22)/b15-11+. The second-order valence-electron chi connectivity index (χ2n) is 4.95. The van der Waals surface area contributed by atoms with Gasteiger partial charge in [-0.1, -0.05) is 30.3 Å². The van der Waals surface area contributed by atoms with Gasteiger partial charge in [0.1, 0.15) is 5.70 Å². The van der Waals surface area contributed by atoms with Crippen LogP contribution in [0.3, 0.4) is 0 Å². The van der Waals surface area contributed by atoms with E-state index < -0.39 is 0 Å². The monoisotopic (exact) mass is 309 g/mol. The Morgan fingerprint density at radius 3 is 2.18 bits per heavy atom. The Balaban J connectivity index is 1.80. The van der Waals surface area contributed by atoms with E-state index >= 15 is 0 Å². The molecule has 22 heavy (non-hydrogen) atoms. The van der Waals surface area contributed by atoms with Crippen LogP contribution in [0.4, 0.5) is 11.4 Å². The molecule has 110 valence electrons. The Morgan fingerprint density at radius 2 is 1.59 bits per heavy atom. The number of nitrogens with zero attached hydrogens (tertiary/aromatic N) is 1. The van der Waals surface area contributed by atoms with Crippen molar-refractivity contribution in [2.45, 2.75) is 0 Å². The van der Waals surface area contributed by atoms with Crippen molar-refractivity contribution in [2.24, 2.45) is 0 Å². The summed E-state index contributed by atoms with van der Waals surface area (Å²) >= 11 is 4.91. The molecule has 4 nitrogen and oxygen atoms in total. The molecule has 1 heterocycles.